The van der Waals surface area contributed by atoms with E-state index in [-0.39, 0.29) is 36.0 Å². The van der Waals surface area contributed by atoms with Crippen molar-refractivity contribution in [1.29, 1.82) is 0 Å². The number of rotatable bonds is 6. The fraction of sp³-hybridized carbons (Fsp3) is 0.300. The molecule has 0 aromatic heterocycles. The van der Waals surface area contributed by atoms with Crippen LogP contribution in [0.15, 0.2) is 47.4 Å². The fourth-order valence-electron chi connectivity index (χ4n) is 3.10. The second-order valence-electron chi connectivity index (χ2n) is 6.62. The van der Waals surface area contributed by atoms with Gasteiger partial charge in [0, 0.05) is 37.5 Å². The van der Waals surface area contributed by atoms with E-state index >= 15 is 0 Å². The lowest BCUT2D eigenvalue weighted by atomic mass is 10.2. The minimum absolute atomic E-state index is 0.0382. The van der Waals surface area contributed by atoms with Crippen molar-refractivity contribution in [1.82, 2.24) is 9.62 Å². The van der Waals surface area contributed by atoms with Crippen molar-refractivity contribution in [2.45, 2.75) is 4.90 Å². The Labute approximate surface area is 175 Å². The average molecular weight is 433 g/mol. The number of nitrogens with one attached hydrogen (secondary N) is 1. The number of carbonyl (C=O) groups excluding carboxylic acids is 2. The molecule has 0 bridgehead atoms. The van der Waals surface area contributed by atoms with Crippen LogP contribution in [0.2, 0.25) is 0 Å². The van der Waals surface area contributed by atoms with Crippen molar-refractivity contribution in [3.8, 4) is 11.5 Å². The first-order valence-corrected chi connectivity index (χ1v) is 10.6. The van der Waals surface area contributed by atoms with Crippen molar-refractivity contribution in [3.05, 3.63) is 48.0 Å². The lowest BCUT2D eigenvalue weighted by Gasteiger charge is -2.26. The van der Waals surface area contributed by atoms with Crippen LogP contribution in [0.4, 0.5) is 5.69 Å². The molecule has 1 aliphatic heterocycles. The minimum atomic E-state index is -3.90. The molecule has 30 heavy (non-hydrogen) atoms. The molecule has 9 nitrogen and oxygen atoms in total. The lowest BCUT2D eigenvalue weighted by Crippen LogP contribution is -2.49. The van der Waals surface area contributed by atoms with Gasteiger partial charge in [0.1, 0.15) is 0 Å². The van der Waals surface area contributed by atoms with E-state index in [0.717, 1.165) is 4.31 Å². The monoisotopic (exact) mass is 433 g/mol. The van der Waals surface area contributed by atoms with Gasteiger partial charge < -0.3 is 19.7 Å². The van der Waals surface area contributed by atoms with Gasteiger partial charge in [0.15, 0.2) is 11.5 Å². The molecule has 1 heterocycles. The van der Waals surface area contributed by atoms with Crippen LogP contribution >= 0.6 is 0 Å². The molecule has 2 amide bonds. The summed E-state index contributed by atoms with van der Waals surface area (Å²) in [5, 5.41) is 2.59. The molecule has 0 spiro atoms. The van der Waals surface area contributed by atoms with E-state index in [4.69, 9.17) is 9.47 Å². The number of amides is 2. The minimum Gasteiger partial charge on any atom is -0.493 e. The predicted octanol–water partition coefficient (Wildman–Crippen LogP) is 1.10. The molecule has 2 aromatic rings. The standard InChI is InChI=1S/C20H23N3O6S/c1-22(15-7-8-17(28-2)18(12-15)29-3)20(25)14-5-4-6-16(11-14)30(26,27)23-10-9-21-19(24)13-23/h4-8,11-12H,9-10,13H2,1-3H3,(H,21,24). The maximum atomic E-state index is 13.0. The molecule has 1 fully saturated rings. The van der Waals surface area contributed by atoms with Gasteiger partial charge in [-0.05, 0) is 30.3 Å². The number of benzene rings is 2. The zero-order chi connectivity index (χ0) is 21.9. The summed E-state index contributed by atoms with van der Waals surface area (Å²) in [4.78, 5) is 25.9. The van der Waals surface area contributed by atoms with Crippen molar-refractivity contribution in [2.75, 3.05) is 45.8 Å². The van der Waals surface area contributed by atoms with Crippen LogP contribution in [0.5, 0.6) is 11.5 Å². The first-order valence-electron chi connectivity index (χ1n) is 9.15. The third-order valence-corrected chi connectivity index (χ3v) is 6.62. The Morgan fingerprint density at radius 2 is 1.83 bits per heavy atom. The van der Waals surface area contributed by atoms with Crippen LogP contribution in [0.1, 0.15) is 10.4 Å². The summed E-state index contributed by atoms with van der Waals surface area (Å²) in [6.07, 6.45) is 0. The molecule has 1 saturated heterocycles. The maximum absolute atomic E-state index is 13.0. The van der Waals surface area contributed by atoms with Gasteiger partial charge in [-0.15, -0.1) is 0 Å². The summed E-state index contributed by atoms with van der Waals surface area (Å²) >= 11 is 0. The van der Waals surface area contributed by atoms with Crippen molar-refractivity contribution >= 4 is 27.5 Å². The fourth-order valence-corrected chi connectivity index (χ4v) is 4.55. The van der Waals surface area contributed by atoms with E-state index in [9.17, 15) is 18.0 Å². The van der Waals surface area contributed by atoms with E-state index in [1.54, 1.807) is 31.3 Å². The molecular formula is C20H23N3O6S. The van der Waals surface area contributed by atoms with Crippen molar-refractivity contribution in [2.24, 2.45) is 0 Å². The first-order chi connectivity index (χ1) is 14.3. The van der Waals surface area contributed by atoms with E-state index in [1.807, 2.05) is 0 Å². The molecule has 3 rings (SSSR count). The Morgan fingerprint density at radius 1 is 1.10 bits per heavy atom. The number of ether oxygens (including phenoxy) is 2. The Bertz CT molecular complexity index is 1070. The van der Waals surface area contributed by atoms with Gasteiger partial charge >= 0.3 is 0 Å². The molecular weight excluding hydrogens is 410 g/mol. The second-order valence-corrected chi connectivity index (χ2v) is 8.56. The van der Waals surface area contributed by atoms with Gasteiger partial charge in [-0.1, -0.05) is 6.07 Å². The van der Waals surface area contributed by atoms with Gasteiger partial charge in [0.05, 0.1) is 25.7 Å². The topological polar surface area (TPSA) is 105 Å². The Kier molecular flexibility index (Phi) is 6.28. The van der Waals surface area contributed by atoms with Gasteiger partial charge in [-0.2, -0.15) is 4.31 Å². The van der Waals surface area contributed by atoms with Crippen molar-refractivity contribution in [3.63, 3.8) is 0 Å². The van der Waals surface area contributed by atoms with E-state index < -0.39 is 15.9 Å². The third-order valence-electron chi connectivity index (χ3n) is 4.78. The summed E-state index contributed by atoms with van der Waals surface area (Å²) in [7, 11) is 0.704. The number of piperazine rings is 1. The smallest absolute Gasteiger partial charge is 0.258 e. The Balaban J connectivity index is 1.88. The molecule has 0 unspecified atom stereocenters. The van der Waals surface area contributed by atoms with Crippen LogP contribution in [-0.2, 0) is 14.8 Å². The highest BCUT2D eigenvalue weighted by atomic mass is 32.2. The SMILES string of the molecule is COc1ccc(N(C)C(=O)c2cccc(S(=O)(=O)N3CCNC(=O)C3)c2)cc1OC. The highest BCUT2D eigenvalue weighted by molar-refractivity contribution is 7.89. The van der Waals surface area contributed by atoms with Crippen molar-refractivity contribution < 1.29 is 27.5 Å². The molecule has 1 aliphatic rings. The Morgan fingerprint density at radius 3 is 2.50 bits per heavy atom. The summed E-state index contributed by atoms with van der Waals surface area (Å²) in [5.41, 5.74) is 0.758. The number of methoxy groups -OCH3 is 2. The molecule has 0 atom stereocenters. The Hall–Kier alpha value is -3.11. The largest absolute Gasteiger partial charge is 0.493 e. The van der Waals surface area contributed by atoms with Gasteiger partial charge in [0.2, 0.25) is 15.9 Å². The number of hydrogen-bond donors (Lipinski definition) is 1. The van der Waals surface area contributed by atoms with Crippen LogP contribution in [0.25, 0.3) is 0 Å². The second kappa shape index (κ2) is 8.72. The summed E-state index contributed by atoms with van der Waals surface area (Å²) in [6.45, 7) is 0.183. The lowest BCUT2D eigenvalue weighted by molar-refractivity contribution is -0.122. The number of sulfonamides is 1. The number of hydrogen-bond acceptors (Lipinski definition) is 6. The molecule has 160 valence electrons. The highest BCUT2D eigenvalue weighted by Crippen LogP contribution is 2.31. The number of nitrogens with zero attached hydrogens (tertiary/aromatic N) is 2. The van der Waals surface area contributed by atoms with E-state index in [1.165, 1.54) is 37.3 Å². The highest BCUT2D eigenvalue weighted by Gasteiger charge is 2.29. The molecule has 2 aromatic carbocycles. The molecule has 10 heteroatoms. The van der Waals surface area contributed by atoms with Gasteiger partial charge in [0.25, 0.3) is 5.91 Å². The third kappa shape index (κ3) is 4.24. The molecule has 1 N–H and O–H groups in total. The van der Waals surface area contributed by atoms with E-state index in [0.29, 0.717) is 17.2 Å². The van der Waals surface area contributed by atoms with Crippen LogP contribution < -0.4 is 19.7 Å². The molecule has 0 saturated carbocycles. The van der Waals surface area contributed by atoms with Crippen LogP contribution in [-0.4, -0.2) is 65.4 Å². The first kappa shape index (κ1) is 21.6. The normalized spacial score (nSPS) is 14.7. The maximum Gasteiger partial charge on any atom is 0.258 e. The number of anilines is 1. The molecule has 0 radical (unpaired) electrons. The average Bonchev–Trinajstić information content (AvgIpc) is 2.77. The zero-order valence-electron chi connectivity index (χ0n) is 16.9. The predicted molar refractivity (Wildman–Crippen MR) is 110 cm³/mol. The van der Waals surface area contributed by atoms with Gasteiger partial charge in [-0.3, -0.25) is 9.59 Å². The zero-order valence-corrected chi connectivity index (χ0v) is 17.7. The quantitative estimate of drug-likeness (QED) is 0.732. The van der Waals surface area contributed by atoms with Gasteiger partial charge in [-0.25, -0.2) is 8.42 Å². The molecule has 0 aliphatic carbocycles. The summed E-state index contributed by atoms with van der Waals surface area (Å²) in [6, 6.07) is 10.8. The number of carbonyl (C=O) groups is 2. The van der Waals surface area contributed by atoms with Crippen LogP contribution in [0, 0.1) is 0 Å². The summed E-state index contributed by atoms with van der Waals surface area (Å²) in [5.74, 6) is 0.246. The van der Waals surface area contributed by atoms with E-state index in [2.05, 4.69) is 5.32 Å². The summed E-state index contributed by atoms with van der Waals surface area (Å²) < 4.78 is 37.4. The van der Waals surface area contributed by atoms with Crippen LogP contribution in [0.3, 0.4) is 0 Å².